The summed E-state index contributed by atoms with van der Waals surface area (Å²) >= 11 is 0. The van der Waals surface area contributed by atoms with E-state index in [1.165, 1.54) is 14.0 Å². The molecule has 2 aromatic rings. The van der Waals surface area contributed by atoms with Crippen LogP contribution in [0.4, 0.5) is 19.1 Å². The molecule has 4 rings (SSSR count). The highest BCUT2D eigenvalue weighted by Crippen LogP contribution is 2.42. The van der Waals surface area contributed by atoms with E-state index < -0.39 is 29.7 Å². The third kappa shape index (κ3) is 7.38. The van der Waals surface area contributed by atoms with Gasteiger partial charge in [-0.2, -0.15) is 13.2 Å². The van der Waals surface area contributed by atoms with Crippen LogP contribution in [0.3, 0.4) is 0 Å². The number of anilines is 1. The summed E-state index contributed by atoms with van der Waals surface area (Å²) in [7, 11) is 1.50. The Morgan fingerprint density at radius 3 is 2.34 bits per heavy atom. The van der Waals surface area contributed by atoms with E-state index in [1.807, 2.05) is 32.6 Å². The Morgan fingerprint density at radius 2 is 1.76 bits per heavy atom. The van der Waals surface area contributed by atoms with Crippen LogP contribution < -0.4 is 10.1 Å². The third-order valence-corrected chi connectivity index (χ3v) is 8.12. The standard InChI is InChI=1S/C29H42F3N5O4/c1-17(11-29(30,31)32)35-26-34-15-22-24(36-26)21(18-7-9-19(38)10-8-18)14-33-25(22)41-20-12-27(2,3)37(23(39)16-40-6)28(4,5)13-20/h14-15,17-20,38H,7-13,16H2,1-6H3,(H,34,35,36)/t17-,18?,19?/m0/s1. The van der Waals surface area contributed by atoms with Crippen molar-refractivity contribution in [3.63, 3.8) is 0 Å². The second kappa shape index (κ2) is 11.9. The molecule has 1 atom stereocenters. The first kappa shape index (κ1) is 31.2. The van der Waals surface area contributed by atoms with E-state index in [-0.39, 0.29) is 36.6 Å². The van der Waals surface area contributed by atoms with Crippen LogP contribution in [-0.4, -0.2) is 80.1 Å². The fraction of sp³-hybridized carbons (Fsp3) is 0.724. The van der Waals surface area contributed by atoms with Crippen molar-refractivity contribution in [2.45, 2.75) is 121 Å². The molecule has 12 heteroatoms. The zero-order valence-electron chi connectivity index (χ0n) is 24.7. The molecule has 9 nitrogen and oxygen atoms in total. The Morgan fingerprint density at radius 1 is 1.12 bits per heavy atom. The molecule has 0 spiro atoms. The lowest BCUT2D eigenvalue weighted by Gasteiger charge is -2.54. The topological polar surface area (TPSA) is 110 Å². The zero-order chi connectivity index (χ0) is 30.2. The van der Waals surface area contributed by atoms with Gasteiger partial charge in [0.15, 0.2) is 0 Å². The van der Waals surface area contributed by atoms with Gasteiger partial charge in [-0.1, -0.05) is 0 Å². The molecular weight excluding hydrogens is 539 g/mol. The van der Waals surface area contributed by atoms with Gasteiger partial charge >= 0.3 is 6.18 Å². The van der Waals surface area contributed by atoms with Gasteiger partial charge in [0.2, 0.25) is 17.7 Å². The molecule has 41 heavy (non-hydrogen) atoms. The number of hydrogen-bond acceptors (Lipinski definition) is 8. The molecule has 2 aliphatic rings. The van der Waals surface area contributed by atoms with Crippen LogP contribution in [0.2, 0.25) is 0 Å². The summed E-state index contributed by atoms with van der Waals surface area (Å²) in [6.45, 7) is 9.47. The van der Waals surface area contributed by atoms with Gasteiger partial charge in [0.25, 0.3) is 0 Å². The number of hydrogen-bond donors (Lipinski definition) is 2. The predicted octanol–water partition coefficient (Wildman–Crippen LogP) is 5.37. The maximum absolute atomic E-state index is 12.9. The number of aromatic nitrogens is 3. The summed E-state index contributed by atoms with van der Waals surface area (Å²) in [5.74, 6) is 0.476. The number of likely N-dealkylation sites (tertiary alicyclic amines) is 1. The minimum atomic E-state index is -4.31. The van der Waals surface area contributed by atoms with E-state index in [0.29, 0.717) is 42.5 Å². The number of rotatable bonds is 8. The van der Waals surface area contributed by atoms with E-state index in [0.717, 1.165) is 18.4 Å². The highest BCUT2D eigenvalue weighted by atomic mass is 19.4. The Balaban J connectivity index is 1.66. The maximum atomic E-state index is 12.9. The molecule has 228 valence electrons. The van der Waals surface area contributed by atoms with Crippen LogP contribution >= 0.6 is 0 Å². The molecule has 0 aromatic carbocycles. The number of fused-ring (bicyclic) bond motifs is 1. The summed E-state index contributed by atoms with van der Waals surface area (Å²) in [6, 6.07) is -0.909. The first-order valence-corrected chi connectivity index (χ1v) is 14.3. The lowest BCUT2D eigenvalue weighted by atomic mass is 9.78. The number of amides is 1. The fourth-order valence-corrected chi connectivity index (χ4v) is 6.78. The van der Waals surface area contributed by atoms with Crippen molar-refractivity contribution < 1.29 is 32.5 Å². The normalized spacial score (nSPS) is 23.8. The number of ether oxygens (including phenoxy) is 2. The summed E-state index contributed by atoms with van der Waals surface area (Å²) in [5.41, 5.74) is 0.430. The Hall–Kier alpha value is -2.73. The molecule has 0 bridgehead atoms. The average Bonchev–Trinajstić information content (AvgIpc) is 2.82. The van der Waals surface area contributed by atoms with Crippen LogP contribution in [0.15, 0.2) is 12.4 Å². The van der Waals surface area contributed by atoms with Gasteiger partial charge in [0.05, 0.1) is 23.4 Å². The summed E-state index contributed by atoms with van der Waals surface area (Å²) < 4.78 is 50.4. The van der Waals surface area contributed by atoms with E-state index in [2.05, 4.69) is 20.3 Å². The Kier molecular flexibility index (Phi) is 9.04. The van der Waals surface area contributed by atoms with Gasteiger partial charge in [0.1, 0.15) is 12.7 Å². The summed E-state index contributed by atoms with van der Waals surface area (Å²) in [6.07, 6.45) is 1.33. The second-order valence-electron chi connectivity index (χ2n) is 12.8. The first-order valence-electron chi connectivity index (χ1n) is 14.3. The number of methoxy groups -OCH3 is 1. The second-order valence-corrected chi connectivity index (χ2v) is 12.8. The minimum absolute atomic E-state index is 0.000467. The molecule has 1 saturated carbocycles. The van der Waals surface area contributed by atoms with E-state index in [1.54, 1.807) is 12.4 Å². The van der Waals surface area contributed by atoms with Gasteiger partial charge in [-0.3, -0.25) is 4.79 Å². The number of alkyl halides is 3. The van der Waals surface area contributed by atoms with E-state index in [4.69, 9.17) is 9.47 Å². The number of carbonyl (C=O) groups is 1. The molecule has 3 heterocycles. The minimum Gasteiger partial charge on any atom is -0.474 e. The first-order chi connectivity index (χ1) is 19.1. The monoisotopic (exact) mass is 581 g/mol. The number of halogens is 3. The van der Waals surface area contributed by atoms with Crippen LogP contribution in [0.1, 0.15) is 91.0 Å². The molecule has 2 N–H and O–H groups in total. The van der Waals surface area contributed by atoms with Crippen molar-refractivity contribution in [2.75, 3.05) is 19.0 Å². The van der Waals surface area contributed by atoms with Gasteiger partial charge in [-0.15, -0.1) is 0 Å². The van der Waals surface area contributed by atoms with Crippen molar-refractivity contribution in [3.8, 4) is 5.88 Å². The lowest BCUT2D eigenvalue weighted by molar-refractivity contribution is -0.157. The van der Waals surface area contributed by atoms with Gasteiger partial charge in [-0.25, -0.2) is 15.0 Å². The number of aliphatic hydroxyl groups excluding tert-OH is 1. The number of pyridine rings is 1. The Labute approximate surface area is 239 Å². The van der Waals surface area contributed by atoms with Crippen molar-refractivity contribution >= 4 is 22.8 Å². The molecule has 1 amide bonds. The van der Waals surface area contributed by atoms with Gasteiger partial charge in [-0.05, 0) is 66.2 Å². The van der Waals surface area contributed by atoms with E-state index in [9.17, 15) is 23.1 Å². The molecule has 2 aromatic heterocycles. The smallest absolute Gasteiger partial charge is 0.391 e. The highest BCUT2D eigenvalue weighted by molar-refractivity contribution is 5.86. The molecule has 1 aliphatic heterocycles. The summed E-state index contributed by atoms with van der Waals surface area (Å²) in [4.78, 5) is 28.5. The zero-order valence-corrected chi connectivity index (χ0v) is 24.7. The quantitative estimate of drug-likeness (QED) is 0.428. The number of aliphatic hydroxyl groups is 1. The fourth-order valence-electron chi connectivity index (χ4n) is 6.78. The number of piperidine rings is 1. The van der Waals surface area contributed by atoms with Crippen molar-refractivity contribution in [1.29, 1.82) is 0 Å². The average molecular weight is 582 g/mol. The molecule has 2 fully saturated rings. The molecule has 1 saturated heterocycles. The van der Waals surface area contributed by atoms with Crippen LogP contribution in [0.25, 0.3) is 10.9 Å². The SMILES string of the molecule is COCC(=O)N1C(C)(C)CC(Oc2ncc(C3CCC(O)CC3)c3nc(N[C@@H](C)CC(F)(F)F)ncc23)CC1(C)C. The van der Waals surface area contributed by atoms with Crippen LogP contribution in [0.5, 0.6) is 5.88 Å². The largest absolute Gasteiger partial charge is 0.474 e. The molecule has 0 unspecified atom stereocenters. The number of carbonyl (C=O) groups excluding carboxylic acids is 1. The van der Waals surface area contributed by atoms with Gasteiger partial charge in [0, 0.05) is 55.0 Å². The molecule has 1 aliphatic carbocycles. The van der Waals surface area contributed by atoms with Crippen LogP contribution in [-0.2, 0) is 9.53 Å². The highest BCUT2D eigenvalue weighted by Gasteiger charge is 2.48. The van der Waals surface area contributed by atoms with E-state index >= 15 is 0 Å². The van der Waals surface area contributed by atoms with Gasteiger partial charge < -0.3 is 24.8 Å². The lowest BCUT2D eigenvalue weighted by Crippen LogP contribution is -2.65. The van der Waals surface area contributed by atoms with Crippen molar-refractivity contribution in [2.24, 2.45) is 0 Å². The molecule has 0 radical (unpaired) electrons. The Bertz CT molecular complexity index is 1210. The molecular formula is C29H42F3N5O4. The third-order valence-electron chi connectivity index (χ3n) is 8.12. The van der Waals surface area contributed by atoms with Crippen molar-refractivity contribution in [3.05, 3.63) is 18.0 Å². The number of nitrogens with one attached hydrogen (secondary N) is 1. The van der Waals surface area contributed by atoms with Crippen molar-refractivity contribution in [1.82, 2.24) is 19.9 Å². The van der Waals surface area contributed by atoms with Crippen LogP contribution in [0, 0.1) is 0 Å². The predicted molar refractivity (Wildman–Crippen MR) is 149 cm³/mol. The maximum Gasteiger partial charge on any atom is 0.391 e. The number of nitrogens with zero attached hydrogens (tertiary/aromatic N) is 4. The summed E-state index contributed by atoms with van der Waals surface area (Å²) in [5, 5.41) is 13.4.